The Morgan fingerprint density at radius 1 is 1.07 bits per heavy atom. The molecule has 0 aromatic carbocycles. The number of rotatable bonds is 5. The minimum atomic E-state index is 0.422. The molecule has 1 aliphatic heterocycles. The molecule has 0 saturated carbocycles. The zero-order chi connectivity index (χ0) is 11.1. The van der Waals surface area contributed by atoms with E-state index in [9.17, 15) is 0 Å². The van der Waals surface area contributed by atoms with Gasteiger partial charge in [0, 0.05) is 0 Å². The average molecular weight is 212 g/mol. The molecule has 1 fully saturated rings. The van der Waals surface area contributed by atoms with E-state index in [1.807, 2.05) is 0 Å². The standard InChI is InChI=1S/C13H28N2/c1-13(2,3)12-14-8-7-11-15-9-5-4-6-10-15/h14H,4-12H2,1-3H3. The van der Waals surface area contributed by atoms with E-state index in [0.29, 0.717) is 5.41 Å². The maximum Gasteiger partial charge on any atom is -0.0000116 e. The second-order valence-electron chi connectivity index (χ2n) is 5.99. The van der Waals surface area contributed by atoms with Crippen LogP contribution >= 0.6 is 0 Å². The van der Waals surface area contributed by atoms with Crippen molar-refractivity contribution in [3.05, 3.63) is 0 Å². The highest BCUT2D eigenvalue weighted by Gasteiger charge is 2.10. The summed E-state index contributed by atoms with van der Waals surface area (Å²) in [7, 11) is 0. The van der Waals surface area contributed by atoms with E-state index < -0.39 is 0 Å². The second kappa shape index (κ2) is 6.49. The third kappa shape index (κ3) is 6.91. The van der Waals surface area contributed by atoms with Gasteiger partial charge in [-0.25, -0.2) is 0 Å². The minimum Gasteiger partial charge on any atom is -0.316 e. The molecule has 0 atom stereocenters. The van der Waals surface area contributed by atoms with Gasteiger partial charge < -0.3 is 10.2 Å². The van der Waals surface area contributed by atoms with Crippen LogP contribution in [0.1, 0.15) is 46.5 Å². The lowest BCUT2D eigenvalue weighted by Gasteiger charge is -2.26. The van der Waals surface area contributed by atoms with Crippen molar-refractivity contribution in [1.29, 1.82) is 0 Å². The monoisotopic (exact) mass is 212 g/mol. The third-order valence-corrected chi connectivity index (χ3v) is 2.93. The molecule has 1 rings (SSSR count). The van der Waals surface area contributed by atoms with Crippen molar-refractivity contribution in [3.8, 4) is 0 Å². The van der Waals surface area contributed by atoms with Gasteiger partial charge in [0.2, 0.25) is 0 Å². The van der Waals surface area contributed by atoms with E-state index in [-0.39, 0.29) is 0 Å². The highest BCUT2D eigenvalue weighted by atomic mass is 15.1. The number of hydrogen-bond acceptors (Lipinski definition) is 2. The summed E-state index contributed by atoms with van der Waals surface area (Å²) in [6.07, 6.45) is 5.57. The van der Waals surface area contributed by atoms with Gasteiger partial charge >= 0.3 is 0 Å². The summed E-state index contributed by atoms with van der Waals surface area (Å²) in [6, 6.07) is 0. The Balaban J connectivity index is 1.92. The highest BCUT2D eigenvalue weighted by molar-refractivity contribution is 4.67. The van der Waals surface area contributed by atoms with Crippen molar-refractivity contribution in [2.75, 3.05) is 32.7 Å². The predicted octanol–water partition coefficient (Wildman–Crippen LogP) is 2.50. The van der Waals surface area contributed by atoms with Gasteiger partial charge in [-0.05, 0) is 57.4 Å². The Labute approximate surface area is 95.4 Å². The molecule has 0 radical (unpaired) electrons. The lowest BCUT2D eigenvalue weighted by atomic mass is 9.97. The van der Waals surface area contributed by atoms with Crippen molar-refractivity contribution < 1.29 is 0 Å². The largest absolute Gasteiger partial charge is 0.316 e. The van der Waals surface area contributed by atoms with Crippen LogP contribution in [0.4, 0.5) is 0 Å². The molecule has 90 valence electrons. The molecule has 0 unspecified atom stereocenters. The van der Waals surface area contributed by atoms with Gasteiger partial charge in [0.1, 0.15) is 0 Å². The molecular formula is C13H28N2. The molecule has 1 N–H and O–H groups in total. The molecule has 15 heavy (non-hydrogen) atoms. The maximum atomic E-state index is 3.54. The lowest BCUT2D eigenvalue weighted by molar-refractivity contribution is 0.224. The molecule has 0 aliphatic carbocycles. The summed E-state index contributed by atoms with van der Waals surface area (Å²) in [5.74, 6) is 0. The third-order valence-electron chi connectivity index (χ3n) is 2.93. The molecule has 0 aromatic heterocycles. The van der Waals surface area contributed by atoms with Gasteiger partial charge in [0.25, 0.3) is 0 Å². The van der Waals surface area contributed by atoms with Crippen molar-refractivity contribution in [3.63, 3.8) is 0 Å². The molecule has 0 amide bonds. The van der Waals surface area contributed by atoms with Gasteiger partial charge in [0.15, 0.2) is 0 Å². The summed E-state index contributed by atoms with van der Waals surface area (Å²) < 4.78 is 0. The summed E-state index contributed by atoms with van der Waals surface area (Å²) in [4.78, 5) is 2.61. The van der Waals surface area contributed by atoms with Gasteiger partial charge in [-0.3, -0.25) is 0 Å². The Morgan fingerprint density at radius 3 is 2.33 bits per heavy atom. The van der Waals surface area contributed by atoms with Gasteiger partial charge in [-0.15, -0.1) is 0 Å². The fourth-order valence-corrected chi connectivity index (χ4v) is 2.07. The molecule has 0 aromatic rings. The molecule has 1 saturated heterocycles. The van der Waals surface area contributed by atoms with Crippen LogP contribution < -0.4 is 5.32 Å². The Hall–Kier alpha value is -0.0800. The van der Waals surface area contributed by atoms with E-state index in [1.165, 1.54) is 51.9 Å². The van der Waals surface area contributed by atoms with E-state index in [4.69, 9.17) is 0 Å². The van der Waals surface area contributed by atoms with Crippen molar-refractivity contribution in [1.82, 2.24) is 10.2 Å². The lowest BCUT2D eigenvalue weighted by Crippen LogP contribution is -2.33. The van der Waals surface area contributed by atoms with E-state index in [0.717, 1.165) is 6.54 Å². The summed E-state index contributed by atoms with van der Waals surface area (Å²) >= 11 is 0. The van der Waals surface area contributed by atoms with E-state index >= 15 is 0 Å². The smallest absolute Gasteiger partial charge is 0.0000116 e. The van der Waals surface area contributed by atoms with Crippen LogP contribution in [0.3, 0.4) is 0 Å². The number of likely N-dealkylation sites (tertiary alicyclic amines) is 1. The Morgan fingerprint density at radius 2 is 1.73 bits per heavy atom. The zero-order valence-corrected chi connectivity index (χ0v) is 10.8. The number of nitrogens with one attached hydrogen (secondary N) is 1. The SMILES string of the molecule is CC(C)(C)CNCCCN1CCCCC1. The fourth-order valence-electron chi connectivity index (χ4n) is 2.07. The van der Waals surface area contributed by atoms with Crippen molar-refractivity contribution in [2.24, 2.45) is 5.41 Å². The summed E-state index contributed by atoms with van der Waals surface area (Å²) in [6.45, 7) is 13.1. The Bertz CT molecular complexity index is 154. The van der Waals surface area contributed by atoms with E-state index in [1.54, 1.807) is 0 Å². The number of piperidine rings is 1. The molecular weight excluding hydrogens is 184 g/mol. The molecule has 1 heterocycles. The number of nitrogens with zero attached hydrogens (tertiary/aromatic N) is 1. The topological polar surface area (TPSA) is 15.3 Å². The van der Waals surface area contributed by atoms with Crippen LogP contribution in [0.15, 0.2) is 0 Å². The van der Waals surface area contributed by atoms with Crippen LogP contribution in [-0.2, 0) is 0 Å². The average Bonchev–Trinajstić information content (AvgIpc) is 2.17. The van der Waals surface area contributed by atoms with Gasteiger partial charge in [-0.2, -0.15) is 0 Å². The molecule has 2 heteroatoms. The summed E-state index contributed by atoms with van der Waals surface area (Å²) in [5, 5.41) is 3.54. The van der Waals surface area contributed by atoms with Crippen molar-refractivity contribution in [2.45, 2.75) is 46.5 Å². The van der Waals surface area contributed by atoms with Crippen LogP contribution in [0.2, 0.25) is 0 Å². The molecule has 0 spiro atoms. The molecule has 2 nitrogen and oxygen atoms in total. The first-order chi connectivity index (χ1) is 7.08. The first kappa shape index (κ1) is 13.0. The summed E-state index contributed by atoms with van der Waals surface area (Å²) in [5.41, 5.74) is 0.422. The second-order valence-corrected chi connectivity index (χ2v) is 5.99. The molecule has 0 bridgehead atoms. The zero-order valence-electron chi connectivity index (χ0n) is 10.8. The van der Waals surface area contributed by atoms with Crippen LogP contribution in [0.5, 0.6) is 0 Å². The minimum absolute atomic E-state index is 0.422. The fraction of sp³-hybridized carbons (Fsp3) is 1.00. The van der Waals surface area contributed by atoms with Crippen LogP contribution in [-0.4, -0.2) is 37.6 Å². The van der Waals surface area contributed by atoms with E-state index in [2.05, 4.69) is 31.0 Å². The van der Waals surface area contributed by atoms with Crippen molar-refractivity contribution >= 4 is 0 Å². The predicted molar refractivity (Wildman–Crippen MR) is 67.2 cm³/mol. The van der Waals surface area contributed by atoms with Gasteiger partial charge in [-0.1, -0.05) is 27.2 Å². The highest BCUT2D eigenvalue weighted by Crippen LogP contribution is 2.10. The van der Waals surface area contributed by atoms with Crippen LogP contribution in [0, 0.1) is 5.41 Å². The Kier molecular flexibility index (Phi) is 5.62. The number of hydrogen-bond donors (Lipinski definition) is 1. The first-order valence-corrected chi connectivity index (χ1v) is 6.51. The van der Waals surface area contributed by atoms with Gasteiger partial charge in [0.05, 0.1) is 0 Å². The molecule has 1 aliphatic rings. The van der Waals surface area contributed by atoms with Crippen LogP contribution in [0.25, 0.3) is 0 Å². The first-order valence-electron chi connectivity index (χ1n) is 6.51. The quantitative estimate of drug-likeness (QED) is 0.704. The maximum absolute atomic E-state index is 3.54. The normalized spacial score (nSPS) is 19.4.